The fourth-order valence-electron chi connectivity index (χ4n) is 0. The molecular formula is C2H10KNa2O6P. The van der Waals surface area contributed by atoms with Crippen molar-refractivity contribution in [2.45, 2.75) is 0 Å². The van der Waals surface area contributed by atoms with Crippen LogP contribution in [0, 0.1) is 0 Å². The summed E-state index contributed by atoms with van der Waals surface area (Å²) in [7, 11) is -4.64. The summed E-state index contributed by atoms with van der Waals surface area (Å²) >= 11 is 0. The summed E-state index contributed by atoms with van der Waals surface area (Å²) in [6.07, 6.45) is 0. The van der Waals surface area contributed by atoms with Crippen LogP contribution in [0.3, 0.4) is 0 Å². The molecule has 0 fully saturated rings. The Morgan fingerprint density at radius 2 is 1.25 bits per heavy atom. The Balaban J connectivity index is -0.0000000221. The van der Waals surface area contributed by atoms with E-state index < -0.39 is 7.82 Å². The maximum atomic E-state index is 9.05. The van der Waals surface area contributed by atoms with E-state index in [2.05, 4.69) is 0 Å². The maximum Gasteiger partial charge on any atom is 0.0277 e. The van der Waals surface area contributed by atoms with E-state index >= 15 is 0 Å². The number of phosphoric acid groups is 1. The summed E-state index contributed by atoms with van der Waals surface area (Å²) in [5.74, 6) is 0. The zero-order chi connectivity index (χ0) is 7.91. The van der Waals surface area contributed by atoms with Crippen molar-refractivity contribution in [1.29, 1.82) is 0 Å². The van der Waals surface area contributed by atoms with Crippen LogP contribution in [0.4, 0.5) is 0 Å². The number of hydrogen-bond acceptors (Lipinski definition) is 3. The Morgan fingerprint density at radius 1 is 1.17 bits per heavy atom. The Bertz CT molecular complexity index is 87.3. The van der Waals surface area contributed by atoms with Crippen molar-refractivity contribution in [3.63, 3.8) is 0 Å². The third-order valence-corrected chi connectivity index (χ3v) is 0.0913. The Labute approximate surface area is 157 Å². The molecule has 0 aromatic carbocycles. The van der Waals surface area contributed by atoms with Crippen LogP contribution in [-0.4, -0.2) is 92.1 Å². The van der Waals surface area contributed by atoms with Crippen LogP contribution in [0.2, 0.25) is 0 Å². The second-order valence-electron chi connectivity index (χ2n) is 0.941. The quantitative estimate of drug-likeness (QED) is 0.269. The van der Waals surface area contributed by atoms with Crippen molar-refractivity contribution in [1.82, 2.24) is 0 Å². The third kappa shape index (κ3) is 101. The molecule has 0 radical (unpaired) electrons. The molecule has 0 bridgehead atoms. The summed E-state index contributed by atoms with van der Waals surface area (Å²) in [5, 5.41) is 16.6. The molecule has 10 heteroatoms. The minimum Gasteiger partial charge on any atom is -0.853 e. The van der Waals surface area contributed by atoms with Gasteiger partial charge in [0, 0.05) is 6.61 Å². The van der Waals surface area contributed by atoms with Gasteiger partial charge in [0.05, 0.1) is 0 Å². The van der Waals surface area contributed by atoms with E-state index in [1.54, 1.807) is 0 Å². The molecule has 0 saturated carbocycles. The average Bonchev–Trinajstić information content (AvgIpc) is 1.61. The van der Waals surface area contributed by atoms with Gasteiger partial charge in [0.25, 0.3) is 0 Å². The minimum absolute atomic E-state index is 0. The maximum absolute atomic E-state index is 9.05. The second-order valence-corrected chi connectivity index (χ2v) is 1.97. The van der Waals surface area contributed by atoms with E-state index in [-0.39, 0.29) is 124 Å². The average molecular weight is 246 g/mol. The molecule has 0 aliphatic heterocycles. The van der Waals surface area contributed by atoms with E-state index in [0.29, 0.717) is 0 Å². The summed E-state index contributed by atoms with van der Waals surface area (Å²) in [6.45, 7) is -0.611. The van der Waals surface area contributed by atoms with Gasteiger partial charge in [-0.05, 0) is 0 Å². The monoisotopic (exact) mass is 246 g/mol. The van der Waals surface area contributed by atoms with Crippen molar-refractivity contribution >= 4 is 66.9 Å². The number of hydrogen-bond donors (Lipinski definition) is 4. The van der Waals surface area contributed by atoms with Crippen LogP contribution in [-0.2, 0) is 4.57 Å². The minimum atomic E-state index is -4.64. The van der Waals surface area contributed by atoms with Crippen LogP contribution in [0.15, 0.2) is 0 Å². The Kier molecular flexibility index (Phi) is 49.7. The Morgan fingerprint density at radius 3 is 1.25 bits per heavy atom. The van der Waals surface area contributed by atoms with Gasteiger partial charge in [-0.1, -0.05) is 0 Å². The van der Waals surface area contributed by atoms with Crippen LogP contribution in [0.25, 0.3) is 0 Å². The van der Waals surface area contributed by atoms with Gasteiger partial charge >= 0.3 is 118 Å². The molecule has 6 nitrogen and oxygen atoms in total. The molecule has 0 heterocycles. The van der Waals surface area contributed by atoms with Crippen LogP contribution in [0.5, 0.6) is 0 Å². The van der Waals surface area contributed by atoms with Crippen molar-refractivity contribution < 1.29 is 80.8 Å². The zero-order valence-electron chi connectivity index (χ0n) is 5.47. The Hall–Kier alpha value is 3.67. The molecule has 12 heavy (non-hydrogen) atoms. The summed E-state index contributed by atoms with van der Waals surface area (Å²) in [5.41, 5.74) is 0. The van der Waals surface area contributed by atoms with Crippen LogP contribution >= 0.6 is 7.82 Å². The molecule has 0 atom stereocenters. The molecule has 4 N–H and O–H groups in total. The second kappa shape index (κ2) is 20.1. The van der Waals surface area contributed by atoms with Crippen LogP contribution in [0.1, 0.15) is 0 Å². The van der Waals surface area contributed by atoms with Crippen molar-refractivity contribution in [3.8, 4) is 0 Å². The number of aliphatic hydroxyl groups is 1. The van der Waals surface area contributed by atoms with E-state index in [4.69, 9.17) is 29.5 Å². The van der Waals surface area contributed by atoms with Gasteiger partial charge < -0.3 is 24.9 Å². The van der Waals surface area contributed by atoms with Crippen LogP contribution < -0.4 is 56.5 Å². The van der Waals surface area contributed by atoms with Gasteiger partial charge in [0.1, 0.15) is 0 Å². The van der Waals surface area contributed by atoms with E-state index in [1.165, 1.54) is 0 Å². The molecule has 0 rings (SSSR count). The normalized spacial score (nSPS) is 7.42. The molecule has 0 unspecified atom stereocenters. The van der Waals surface area contributed by atoms with Gasteiger partial charge in [-0.3, -0.25) is 0 Å². The fourth-order valence-corrected chi connectivity index (χ4v) is 0. The topological polar surface area (TPSA) is 121 Å². The number of rotatable bonds is 1. The van der Waals surface area contributed by atoms with Gasteiger partial charge in [0.15, 0.2) is 0 Å². The SMILES string of the molecule is O=P(O)(O)O.[K+].[NaH].[NaH].[O-]CCO. The van der Waals surface area contributed by atoms with Crippen molar-refractivity contribution in [2.75, 3.05) is 13.2 Å². The van der Waals surface area contributed by atoms with E-state index in [0.717, 1.165) is 0 Å². The van der Waals surface area contributed by atoms with Gasteiger partial charge in [-0.2, -0.15) is 0 Å². The molecule has 0 aromatic rings. The van der Waals surface area contributed by atoms with Gasteiger partial charge in [0.2, 0.25) is 0 Å². The summed E-state index contributed by atoms with van der Waals surface area (Å²) in [4.78, 5) is 21.6. The smallest absolute Gasteiger partial charge is 0.0277 e. The molecular weight excluding hydrogens is 236 g/mol. The molecule has 62 valence electrons. The molecule has 0 spiro atoms. The molecule has 0 saturated heterocycles. The molecule has 0 aromatic heterocycles. The van der Waals surface area contributed by atoms with Gasteiger partial charge in [-0.15, -0.1) is 6.61 Å². The molecule has 0 amide bonds. The first kappa shape index (κ1) is 29.6. The molecule has 0 aliphatic rings. The van der Waals surface area contributed by atoms with Gasteiger partial charge in [-0.25, -0.2) is 4.57 Å². The molecule has 0 aliphatic carbocycles. The predicted molar refractivity (Wildman–Crippen MR) is 40.5 cm³/mol. The zero-order valence-corrected chi connectivity index (χ0v) is 9.48. The third-order valence-electron chi connectivity index (χ3n) is 0.0913. The van der Waals surface area contributed by atoms with E-state index in [1.807, 2.05) is 0 Å². The van der Waals surface area contributed by atoms with Crippen molar-refractivity contribution in [2.24, 2.45) is 0 Å². The van der Waals surface area contributed by atoms with Crippen molar-refractivity contribution in [3.05, 3.63) is 0 Å². The summed E-state index contributed by atoms with van der Waals surface area (Å²) < 4.78 is 8.88. The van der Waals surface area contributed by atoms with E-state index in [9.17, 15) is 0 Å². The fraction of sp³-hybridized carbons (Fsp3) is 1.00. The summed E-state index contributed by atoms with van der Waals surface area (Å²) in [6, 6.07) is 0. The predicted octanol–water partition coefficient (Wildman–Crippen LogP) is -6.88. The number of aliphatic hydroxyl groups excluding tert-OH is 1. The largest absolute Gasteiger partial charge is 0.853 e. The first-order valence-corrected chi connectivity index (χ1v) is 3.45. The first-order chi connectivity index (χ1) is 3.91. The first-order valence-electron chi connectivity index (χ1n) is 1.89. The standard InChI is InChI=1S/C2H5O2.K.2Na.H3O4P.2H/c3-1-2-4;;;;1-5(2,3)4;;/h3H,1-2H2;;;;(H3,1,2,3,4);;/q-1;+1;;;;;.